The first-order valence-electron chi connectivity index (χ1n) is 9.82. The Hall–Kier alpha value is -1.04. The molecule has 1 fully saturated rings. The van der Waals surface area contributed by atoms with Crippen LogP contribution in [0.4, 0.5) is 0 Å². The highest BCUT2D eigenvalue weighted by atomic mass is 32.2. The van der Waals surface area contributed by atoms with Gasteiger partial charge in [0.25, 0.3) is 0 Å². The van der Waals surface area contributed by atoms with Crippen LogP contribution in [-0.4, -0.2) is 29.2 Å². The molecule has 0 N–H and O–H groups in total. The topological polar surface area (TPSA) is 35.5 Å². The first-order valence-corrected chi connectivity index (χ1v) is 10.8. The summed E-state index contributed by atoms with van der Waals surface area (Å²) in [4.78, 5) is 11.6. The van der Waals surface area contributed by atoms with Crippen molar-refractivity contribution in [3.05, 3.63) is 39.9 Å². The van der Waals surface area contributed by atoms with Gasteiger partial charge in [-0.1, -0.05) is 49.4 Å². The zero-order chi connectivity index (χ0) is 20.4. The van der Waals surface area contributed by atoms with Crippen molar-refractivity contribution in [2.45, 2.75) is 79.4 Å². The second kappa shape index (κ2) is 8.54. The predicted octanol–water partition coefficient (Wildman–Crippen LogP) is 5.41. The third kappa shape index (κ3) is 5.07. The zero-order valence-electron chi connectivity index (χ0n) is 18.1. The maximum Gasteiger partial charge on any atom is 0.491 e. The highest BCUT2D eigenvalue weighted by Crippen LogP contribution is 2.39. The van der Waals surface area contributed by atoms with Gasteiger partial charge in [-0.15, -0.1) is 0 Å². The Kier molecular flexibility index (Phi) is 7.04. The first kappa shape index (κ1) is 22.3. The van der Waals surface area contributed by atoms with Crippen LogP contribution in [0, 0.1) is 6.92 Å². The molecule has 0 radical (unpaired) electrons. The maximum atomic E-state index is 11.6. The quantitative estimate of drug-likeness (QED) is 0.610. The number of aryl methyl sites for hydroxylation is 3. The molecule has 1 aromatic carbocycles. The monoisotopic (exact) mass is 388 g/mol. The molecule has 0 bridgehead atoms. The van der Waals surface area contributed by atoms with Gasteiger partial charge in [-0.2, -0.15) is 0 Å². The van der Waals surface area contributed by atoms with E-state index in [0.29, 0.717) is 5.75 Å². The van der Waals surface area contributed by atoms with E-state index in [1.807, 2.05) is 0 Å². The van der Waals surface area contributed by atoms with Crippen LogP contribution in [0.3, 0.4) is 0 Å². The molecule has 3 nitrogen and oxygen atoms in total. The van der Waals surface area contributed by atoms with Crippen LogP contribution >= 0.6 is 11.8 Å². The normalized spacial score (nSPS) is 18.8. The van der Waals surface area contributed by atoms with Gasteiger partial charge in [0.2, 0.25) is 0 Å². The van der Waals surface area contributed by atoms with Crippen LogP contribution in [0.2, 0.25) is 0 Å². The number of thioether (sulfide) groups is 1. The van der Waals surface area contributed by atoms with Gasteiger partial charge < -0.3 is 9.31 Å². The van der Waals surface area contributed by atoms with E-state index >= 15 is 0 Å². The largest absolute Gasteiger partial charge is 0.491 e. The van der Waals surface area contributed by atoms with Crippen molar-refractivity contribution in [2.24, 2.45) is 0 Å². The summed E-state index contributed by atoms with van der Waals surface area (Å²) in [6, 6.07) is 4.51. The van der Waals surface area contributed by atoms with E-state index in [0.717, 1.165) is 18.3 Å². The zero-order valence-corrected chi connectivity index (χ0v) is 18.9. The molecule has 27 heavy (non-hydrogen) atoms. The Labute approximate surface area is 169 Å². The fourth-order valence-electron chi connectivity index (χ4n) is 3.27. The van der Waals surface area contributed by atoms with Crippen molar-refractivity contribution in [3.8, 4) is 0 Å². The third-order valence-electron chi connectivity index (χ3n) is 5.59. The average Bonchev–Trinajstić information content (AvgIpc) is 2.79. The summed E-state index contributed by atoms with van der Waals surface area (Å²) in [5.74, 6) is 0.576. The standard InChI is InChI=1S/C22H33BO3S/c1-9-17-11-15(3)12-18(10-2)20(17)13-19(14-27-16(4)24)23-25-21(5,6)22(7,8)26-23/h11-13H,9-10,14H2,1-8H3. The molecule has 0 spiro atoms. The van der Waals surface area contributed by atoms with Crippen molar-refractivity contribution in [3.63, 3.8) is 0 Å². The van der Waals surface area contributed by atoms with Crippen molar-refractivity contribution in [2.75, 3.05) is 5.75 Å². The number of carbonyl (C=O) groups excluding carboxylic acids is 1. The van der Waals surface area contributed by atoms with Crippen molar-refractivity contribution in [1.29, 1.82) is 0 Å². The van der Waals surface area contributed by atoms with Crippen LogP contribution in [0.15, 0.2) is 17.6 Å². The van der Waals surface area contributed by atoms with E-state index in [2.05, 4.69) is 66.7 Å². The maximum absolute atomic E-state index is 11.6. The van der Waals surface area contributed by atoms with E-state index in [1.165, 1.54) is 34.0 Å². The summed E-state index contributed by atoms with van der Waals surface area (Å²) in [5, 5.41) is 0.104. The number of hydrogen-bond donors (Lipinski definition) is 0. The molecular formula is C22H33BO3S. The molecule has 148 valence electrons. The molecule has 0 aliphatic carbocycles. The van der Waals surface area contributed by atoms with Gasteiger partial charge >= 0.3 is 7.12 Å². The molecule has 0 saturated carbocycles. The van der Waals surface area contributed by atoms with Gasteiger partial charge in [0.15, 0.2) is 5.12 Å². The van der Waals surface area contributed by atoms with Crippen LogP contribution in [0.1, 0.15) is 70.7 Å². The second-order valence-electron chi connectivity index (χ2n) is 8.29. The summed E-state index contributed by atoms with van der Waals surface area (Å²) >= 11 is 1.31. The van der Waals surface area contributed by atoms with Gasteiger partial charge in [0, 0.05) is 12.7 Å². The van der Waals surface area contributed by atoms with Crippen LogP contribution < -0.4 is 0 Å². The summed E-state index contributed by atoms with van der Waals surface area (Å²) < 4.78 is 12.6. The molecule has 5 heteroatoms. The Bertz CT molecular complexity index is 696. The summed E-state index contributed by atoms with van der Waals surface area (Å²) in [5.41, 5.74) is 5.41. The molecular weight excluding hydrogens is 355 g/mol. The van der Waals surface area contributed by atoms with E-state index < -0.39 is 18.3 Å². The van der Waals surface area contributed by atoms with Crippen LogP contribution in [-0.2, 0) is 26.9 Å². The first-order chi connectivity index (χ1) is 12.5. The Balaban J connectivity index is 2.51. The number of hydrogen-bond acceptors (Lipinski definition) is 4. The van der Waals surface area contributed by atoms with Crippen molar-refractivity contribution < 1.29 is 14.1 Å². The molecule has 1 saturated heterocycles. The van der Waals surface area contributed by atoms with Crippen LogP contribution in [0.5, 0.6) is 0 Å². The molecule has 0 aromatic heterocycles. The van der Waals surface area contributed by atoms with Crippen molar-refractivity contribution in [1.82, 2.24) is 0 Å². The van der Waals surface area contributed by atoms with Gasteiger partial charge in [-0.05, 0) is 69.6 Å². The summed E-state index contributed by atoms with van der Waals surface area (Å²) in [7, 11) is -0.433. The van der Waals surface area contributed by atoms with Gasteiger partial charge in [-0.25, -0.2) is 0 Å². The summed E-state index contributed by atoms with van der Waals surface area (Å²) in [6.45, 7) is 16.4. The van der Waals surface area contributed by atoms with E-state index in [4.69, 9.17) is 9.31 Å². The average molecular weight is 388 g/mol. The second-order valence-corrected chi connectivity index (χ2v) is 9.44. The van der Waals surface area contributed by atoms with E-state index in [-0.39, 0.29) is 5.12 Å². The number of benzene rings is 1. The lowest BCUT2D eigenvalue weighted by atomic mass is 9.77. The number of carbonyl (C=O) groups is 1. The fraction of sp³-hybridized carbons (Fsp3) is 0.591. The Morgan fingerprint density at radius 2 is 1.56 bits per heavy atom. The molecule has 1 aliphatic rings. The van der Waals surface area contributed by atoms with E-state index in [1.54, 1.807) is 6.92 Å². The lowest BCUT2D eigenvalue weighted by molar-refractivity contribution is -0.109. The Morgan fingerprint density at radius 1 is 1.07 bits per heavy atom. The van der Waals surface area contributed by atoms with Crippen LogP contribution in [0.25, 0.3) is 6.08 Å². The highest BCUT2D eigenvalue weighted by molar-refractivity contribution is 8.13. The van der Waals surface area contributed by atoms with Gasteiger partial charge in [0.05, 0.1) is 11.2 Å². The third-order valence-corrected chi connectivity index (χ3v) is 6.47. The lowest BCUT2D eigenvalue weighted by Gasteiger charge is -2.32. The van der Waals surface area contributed by atoms with E-state index in [9.17, 15) is 4.79 Å². The Morgan fingerprint density at radius 3 is 1.96 bits per heavy atom. The lowest BCUT2D eigenvalue weighted by Crippen LogP contribution is -2.41. The molecule has 0 amide bonds. The molecule has 2 rings (SSSR count). The molecule has 1 heterocycles. The summed E-state index contributed by atoms with van der Waals surface area (Å²) in [6.07, 6.45) is 4.14. The van der Waals surface area contributed by atoms with Gasteiger partial charge in [0.1, 0.15) is 0 Å². The number of rotatable bonds is 6. The minimum atomic E-state index is -0.433. The molecule has 0 atom stereocenters. The SMILES string of the molecule is CCc1cc(C)cc(CC)c1C=C(CSC(C)=O)B1OC(C)(C)C(C)(C)O1. The predicted molar refractivity (Wildman–Crippen MR) is 117 cm³/mol. The molecule has 0 unspecified atom stereocenters. The fourth-order valence-corrected chi connectivity index (χ4v) is 3.86. The molecule has 1 aliphatic heterocycles. The minimum Gasteiger partial charge on any atom is -0.400 e. The highest BCUT2D eigenvalue weighted by Gasteiger charge is 2.52. The molecule has 1 aromatic rings. The van der Waals surface area contributed by atoms with Gasteiger partial charge in [-0.3, -0.25) is 4.79 Å². The smallest absolute Gasteiger partial charge is 0.400 e. The minimum absolute atomic E-state index is 0.104. The van der Waals surface area contributed by atoms with Crippen molar-refractivity contribution >= 4 is 30.1 Å².